The molecule has 102 valence electrons. The fraction of sp³-hybridized carbons (Fsp3) is 0.235. The number of likely N-dealkylation sites (N-methyl/N-ethyl adjacent to an activating group) is 2. The van der Waals surface area contributed by atoms with Crippen LogP contribution in [0.4, 0.5) is 0 Å². The molecule has 3 nitrogen and oxygen atoms in total. The van der Waals surface area contributed by atoms with Gasteiger partial charge in [-0.05, 0) is 11.1 Å². The molecule has 0 saturated carbocycles. The molecule has 3 heteroatoms. The summed E-state index contributed by atoms with van der Waals surface area (Å²) in [5.41, 5.74) is 2.50. The minimum Gasteiger partial charge on any atom is -0.337 e. The molecule has 0 spiro atoms. The Labute approximate surface area is 120 Å². The first-order chi connectivity index (χ1) is 9.70. The maximum absolute atomic E-state index is 8.27. The number of rotatable bonds is 2. The molecule has 1 aliphatic heterocycles. The Bertz CT molecular complexity index is 541. The van der Waals surface area contributed by atoms with Crippen LogP contribution in [0.1, 0.15) is 23.2 Å². The van der Waals surface area contributed by atoms with E-state index in [4.69, 9.17) is 5.41 Å². The van der Waals surface area contributed by atoms with Crippen molar-refractivity contribution in [2.75, 3.05) is 14.1 Å². The van der Waals surface area contributed by atoms with E-state index in [2.05, 4.69) is 48.5 Å². The maximum Gasteiger partial charge on any atom is 0.194 e. The van der Waals surface area contributed by atoms with Crippen LogP contribution < -0.4 is 0 Å². The Hall–Kier alpha value is -2.29. The molecule has 1 fully saturated rings. The summed E-state index contributed by atoms with van der Waals surface area (Å²) in [5.74, 6) is 0.563. The number of guanidine groups is 1. The van der Waals surface area contributed by atoms with Crippen LogP contribution in [0.15, 0.2) is 60.7 Å². The van der Waals surface area contributed by atoms with Gasteiger partial charge in [-0.1, -0.05) is 60.7 Å². The lowest BCUT2D eigenvalue weighted by atomic mass is 9.93. The van der Waals surface area contributed by atoms with Gasteiger partial charge >= 0.3 is 0 Å². The largest absolute Gasteiger partial charge is 0.337 e. The second-order valence-electron chi connectivity index (χ2n) is 5.26. The van der Waals surface area contributed by atoms with Crippen molar-refractivity contribution in [3.63, 3.8) is 0 Å². The number of hydrogen-bond acceptors (Lipinski definition) is 1. The molecule has 0 bridgehead atoms. The standard InChI is InChI=1S/C17H19N3/c1-19-15(13-9-5-3-6-10-13)16(20(2)17(19)18)14-11-7-4-8-12-14/h3-12,15-16,18H,1-2H3. The third kappa shape index (κ3) is 1.95. The molecule has 1 heterocycles. The van der Waals surface area contributed by atoms with Crippen molar-refractivity contribution in [3.8, 4) is 0 Å². The molecule has 0 aromatic heterocycles. The lowest BCUT2D eigenvalue weighted by Crippen LogP contribution is -2.27. The van der Waals surface area contributed by atoms with Gasteiger partial charge in [0.2, 0.25) is 0 Å². The Kier molecular flexibility index (Phi) is 3.18. The second-order valence-corrected chi connectivity index (χ2v) is 5.26. The summed E-state index contributed by atoms with van der Waals surface area (Å²) in [6.45, 7) is 0. The van der Waals surface area contributed by atoms with E-state index in [9.17, 15) is 0 Å². The van der Waals surface area contributed by atoms with E-state index in [1.165, 1.54) is 11.1 Å². The van der Waals surface area contributed by atoms with Gasteiger partial charge in [0.15, 0.2) is 5.96 Å². The first-order valence-electron chi connectivity index (χ1n) is 6.84. The normalized spacial score (nSPS) is 22.4. The van der Waals surface area contributed by atoms with Crippen molar-refractivity contribution in [1.29, 1.82) is 5.41 Å². The fourth-order valence-corrected chi connectivity index (χ4v) is 3.05. The van der Waals surface area contributed by atoms with Crippen LogP contribution in [-0.4, -0.2) is 29.9 Å². The highest BCUT2D eigenvalue weighted by Gasteiger charge is 2.41. The highest BCUT2D eigenvalue weighted by Crippen LogP contribution is 2.42. The molecule has 1 saturated heterocycles. The molecule has 2 atom stereocenters. The fourth-order valence-electron chi connectivity index (χ4n) is 3.05. The molecule has 20 heavy (non-hydrogen) atoms. The number of nitrogens with zero attached hydrogens (tertiary/aromatic N) is 2. The van der Waals surface area contributed by atoms with Crippen molar-refractivity contribution in [3.05, 3.63) is 71.8 Å². The summed E-state index contributed by atoms with van der Waals surface area (Å²) in [6.07, 6.45) is 0. The van der Waals surface area contributed by atoms with E-state index in [-0.39, 0.29) is 12.1 Å². The Morgan fingerprint density at radius 2 is 1.05 bits per heavy atom. The monoisotopic (exact) mass is 265 g/mol. The minimum atomic E-state index is 0.177. The van der Waals surface area contributed by atoms with Crippen LogP contribution in [0.25, 0.3) is 0 Å². The summed E-state index contributed by atoms with van der Waals surface area (Å²) in [6, 6.07) is 21.2. The minimum absolute atomic E-state index is 0.177. The molecule has 2 aromatic carbocycles. The van der Waals surface area contributed by atoms with Crippen molar-refractivity contribution in [2.24, 2.45) is 0 Å². The highest BCUT2D eigenvalue weighted by atomic mass is 15.4. The van der Waals surface area contributed by atoms with Crippen LogP contribution in [0.3, 0.4) is 0 Å². The Balaban J connectivity index is 2.07. The second kappa shape index (κ2) is 5.00. The van der Waals surface area contributed by atoms with Gasteiger partial charge in [-0.25, -0.2) is 0 Å². The zero-order valence-corrected chi connectivity index (χ0v) is 11.8. The summed E-state index contributed by atoms with van der Waals surface area (Å²) < 4.78 is 0. The molecule has 1 aliphatic rings. The number of hydrogen-bond donors (Lipinski definition) is 1. The summed E-state index contributed by atoms with van der Waals surface area (Å²) >= 11 is 0. The summed E-state index contributed by atoms with van der Waals surface area (Å²) in [7, 11) is 4.00. The predicted octanol–water partition coefficient (Wildman–Crippen LogP) is 3.28. The first-order valence-corrected chi connectivity index (χ1v) is 6.84. The lowest BCUT2D eigenvalue weighted by Gasteiger charge is -2.26. The van der Waals surface area contributed by atoms with Crippen LogP contribution in [0, 0.1) is 5.41 Å². The molecule has 2 aromatic rings. The Morgan fingerprint density at radius 3 is 1.40 bits per heavy atom. The summed E-state index contributed by atoms with van der Waals surface area (Å²) in [4.78, 5) is 4.10. The van der Waals surface area contributed by atoms with Gasteiger partial charge in [-0.2, -0.15) is 0 Å². The molecule has 0 radical (unpaired) electrons. The molecule has 3 rings (SSSR count). The zero-order valence-electron chi connectivity index (χ0n) is 11.8. The maximum atomic E-state index is 8.27. The van der Waals surface area contributed by atoms with Crippen LogP contribution in [0.2, 0.25) is 0 Å². The molecular weight excluding hydrogens is 246 g/mol. The van der Waals surface area contributed by atoms with Crippen molar-refractivity contribution in [1.82, 2.24) is 9.80 Å². The molecule has 0 aliphatic carbocycles. The van der Waals surface area contributed by atoms with Crippen LogP contribution in [-0.2, 0) is 0 Å². The highest BCUT2D eigenvalue weighted by molar-refractivity contribution is 5.80. The third-order valence-corrected chi connectivity index (χ3v) is 4.08. The molecular formula is C17H19N3. The third-order valence-electron chi connectivity index (χ3n) is 4.08. The molecule has 0 amide bonds. The topological polar surface area (TPSA) is 30.3 Å². The van der Waals surface area contributed by atoms with Crippen molar-refractivity contribution < 1.29 is 0 Å². The quantitative estimate of drug-likeness (QED) is 0.903. The van der Waals surface area contributed by atoms with E-state index in [0.29, 0.717) is 5.96 Å². The average molecular weight is 265 g/mol. The van der Waals surface area contributed by atoms with E-state index in [0.717, 1.165) is 0 Å². The number of nitrogens with one attached hydrogen (secondary N) is 1. The van der Waals surface area contributed by atoms with Crippen LogP contribution in [0.5, 0.6) is 0 Å². The number of benzene rings is 2. The van der Waals surface area contributed by atoms with Gasteiger partial charge < -0.3 is 9.80 Å². The van der Waals surface area contributed by atoms with Gasteiger partial charge in [0.05, 0.1) is 12.1 Å². The van der Waals surface area contributed by atoms with Gasteiger partial charge in [0.25, 0.3) is 0 Å². The first kappa shape index (κ1) is 12.7. The van der Waals surface area contributed by atoms with Crippen molar-refractivity contribution in [2.45, 2.75) is 12.1 Å². The predicted molar refractivity (Wildman–Crippen MR) is 81.6 cm³/mol. The van der Waals surface area contributed by atoms with E-state index >= 15 is 0 Å². The molecule has 1 N–H and O–H groups in total. The Morgan fingerprint density at radius 1 is 0.700 bits per heavy atom. The lowest BCUT2D eigenvalue weighted by molar-refractivity contribution is 0.316. The SMILES string of the molecule is CN1C(=N)N(C)C(c2ccccc2)C1c1ccccc1. The van der Waals surface area contributed by atoms with Gasteiger partial charge in [0, 0.05) is 14.1 Å². The van der Waals surface area contributed by atoms with Gasteiger partial charge in [-0.3, -0.25) is 5.41 Å². The van der Waals surface area contributed by atoms with E-state index < -0.39 is 0 Å². The smallest absolute Gasteiger partial charge is 0.194 e. The average Bonchev–Trinajstić information content (AvgIpc) is 2.73. The van der Waals surface area contributed by atoms with E-state index in [1.54, 1.807) is 0 Å². The summed E-state index contributed by atoms with van der Waals surface area (Å²) in [5, 5.41) is 8.27. The van der Waals surface area contributed by atoms with Gasteiger partial charge in [0.1, 0.15) is 0 Å². The van der Waals surface area contributed by atoms with E-state index in [1.807, 2.05) is 36.0 Å². The van der Waals surface area contributed by atoms with Crippen LogP contribution >= 0.6 is 0 Å². The van der Waals surface area contributed by atoms with Crippen molar-refractivity contribution >= 4 is 5.96 Å². The molecule has 2 unspecified atom stereocenters. The zero-order chi connectivity index (χ0) is 14.1. The van der Waals surface area contributed by atoms with Gasteiger partial charge in [-0.15, -0.1) is 0 Å².